The van der Waals surface area contributed by atoms with Gasteiger partial charge in [-0.3, -0.25) is 4.79 Å². The third-order valence-corrected chi connectivity index (χ3v) is 4.37. The minimum atomic E-state index is 0.639. The molecule has 0 aromatic heterocycles. The first-order chi connectivity index (χ1) is 7.15. The minimum Gasteiger partial charge on any atom is -0.298 e. The maximum atomic E-state index is 10.9. The number of hydrogen-bond donors (Lipinski definition) is 0. The average molecular weight is 393 g/mol. The van der Waals surface area contributed by atoms with Crippen molar-refractivity contribution in [3.05, 3.63) is 43.2 Å². The van der Waals surface area contributed by atoms with E-state index in [1.54, 1.807) is 0 Å². The molecule has 0 atom stereocenters. The summed E-state index contributed by atoms with van der Waals surface area (Å²) in [5.74, 6) is 0. The zero-order valence-corrected chi connectivity index (χ0v) is 12.2. The standard InChI is InChI=1S/C11H5Br3O/c12-9-3-1-2-6-7(9)4-10(13)8(5-15)11(6)14/h1-5H. The van der Waals surface area contributed by atoms with E-state index in [0.29, 0.717) is 5.56 Å². The maximum Gasteiger partial charge on any atom is 0.152 e. The Kier molecular flexibility index (Phi) is 3.28. The van der Waals surface area contributed by atoms with Gasteiger partial charge in [-0.1, -0.05) is 28.1 Å². The molecule has 0 bridgehead atoms. The Morgan fingerprint density at radius 2 is 1.73 bits per heavy atom. The van der Waals surface area contributed by atoms with Crippen molar-refractivity contribution in [2.75, 3.05) is 0 Å². The first-order valence-corrected chi connectivity index (χ1v) is 6.54. The summed E-state index contributed by atoms with van der Waals surface area (Å²) in [6, 6.07) is 7.83. The van der Waals surface area contributed by atoms with Crippen LogP contribution in [0.4, 0.5) is 0 Å². The Morgan fingerprint density at radius 3 is 2.40 bits per heavy atom. The smallest absolute Gasteiger partial charge is 0.152 e. The molecule has 15 heavy (non-hydrogen) atoms. The van der Waals surface area contributed by atoms with Crippen LogP contribution in [0.2, 0.25) is 0 Å². The molecule has 0 amide bonds. The molecule has 0 saturated heterocycles. The van der Waals surface area contributed by atoms with Gasteiger partial charge in [0.25, 0.3) is 0 Å². The molecular weight excluding hydrogens is 388 g/mol. The summed E-state index contributed by atoms with van der Waals surface area (Å²) in [4.78, 5) is 10.9. The highest BCUT2D eigenvalue weighted by Crippen LogP contribution is 2.35. The van der Waals surface area contributed by atoms with Gasteiger partial charge in [-0.2, -0.15) is 0 Å². The van der Waals surface area contributed by atoms with Crippen molar-refractivity contribution in [1.29, 1.82) is 0 Å². The van der Waals surface area contributed by atoms with Gasteiger partial charge in [-0.25, -0.2) is 0 Å². The van der Waals surface area contributed by atoms with Crippen LogP contribution < -0.4 is 0 Å². The Labute approximate surface area is 112 Å². The van der Waals surface area contributed by atoms with Crippen LogP contribution in [0, 0.1) is 0 Å². The van der Waals surface area contributed by atoms with Crippen molar-refractivity contribution in [1.82, 2.24) is 0 Å². The van der Waals surface area contributed by atoms with Crippen molar-refractivity contribution < 1.29 is 4.79 Å². The van der Waals surface area contributed by atoms with Crippen LogP contribution in [0.1, 0.15) is 10.4 Å². The lowest BCUT2D eigenvalue weighted by Gasteiger charge is -2.07. The van der Waals surface area contributed by atoms with E-state index in [9.17, 15) is 4.79 Å². The van der Waals surface area contributed by atoms with Crippen molar-refractivity contribution in [2.45, 2.75) is 0 Å². The van der Waals surface area contributed by atoms with Gasteiger partial charge in [-0.15, -0.1) is 0 Å². The lowest BCUT2D eigenvalue weighted by atomic mass is 10.1. The zero-order chi connectivity index (χ0) is 11.0. The molecule has 4 heteroatoms. The summed E-state index contributed by atoms with van der Waals surface area (Å²) in [7, 11) is 0. The van der Waals surface area contributed by atoms with E-state index < -0.39 is 0 Å². The van der Waals surface area contributed by atoms with Crippen LogP contribution in [0.5, 0.6) is 0 Å². The molecular formula is C11H5Br3O. The van der Waals surface area contributed by atoms with Crippen LogP contribution in [0.25, 0.3) is 10.8 Å². The second-order valence-corrected chi connectivity index (χ2v) is 5.54. The molecule has 0 aliphatic rings. The second kappa shape index (κ2) is 4.36. The van der Waals surface area contributed by atoms with Gasteiger partial charge in [0, 0.05) is 19.0 Å². The first kappa shape index (κ1) is 11.3. The number of carbonyl (C=O) groups is 1. The highest BCUT2D eigenvalue weighted by molar-refractivity contribution is 9.11. The molecule has 0 heterocycles. The molecule has 0 unspecified atom stereocenters. The van der Waals surface area contributed by atoms with Crippen molar-refractivity contribution >= 4 is 64.8 Å². The minimum absolute atomic E-state index is 0.639. The van der Waals surface area contributed by atoms with Crippen molar-refractivity contribution in [3.63, 3.8) is 0 Å². The fraction of sp³-hybridized carbons (Fsp3) is 0. The third kappa shape index (κ3) is 1.90. The van der Waals surface area contributed by atoms with Crippen molar-refractivity contribution in [2.24, 2.45) is 0 Å². The maximum absolute atomic E-state index is 10.9. The zero-order valence-electron chi connectivity index (χ0n) is 7.43. The molecule has 0 fully saturated rings. The molecule has 0 N–H and O–H groups in total. The van der Waals surface area contributed by atoms with Crippen LogP contribution >= 0.6 is 47.8 Å². The van der Waals surface area contributed by atoms with Gasteiger partial charge in [-0.05, 0) is 54.8 Å². The normalized spacial score (nSPS) is 10.6. The number of benzene rings is 2. The van der Waals surface area contributed by atoms with Gasteiger partial charge < -0.3 is 0 Å². The molecule has 76 valence electrons. The second-order valence-electron chi connectivity index (χ2n) is 3.04. The molecule has 0 aliphatic heterocycles. The Bertz CT molecular complexity index is 549. The van der Waals surface area contributed by atoms with Gasteiger partial charge in [0.1, 0.15) is 0 Å². The van der Waals surface area contributed by atoms with E-state index in [2.05, 4.69) is 47.8 Å². The molecule has 2 rings (SSSR count). The van der Waals surface area contributed by atoms with Gasteiger partial charge in [0.2, 0.25) is 0 Å². The van der Waals surface area contributed by atoms with Gasteiger partial charge in [0.05, 0.1) is 0 Å². The third-order valence-electron chi connectivity index (χ3n) is 2.17. The summed E-state index contributed by atoms with van der Waals surface area (Å²) >= 11 is 10.3. The lowest BCUT2D eigenvalue weighted by Crippen LogP contribution is -1.87. The highest BCUT2D eigenvalue weighted by atomic mass is 79.9. The molecule has 0 radical (unpaired) electrons. The summed E-state index contributed by atoms with van der Waals surface area (Å²) in [5.41, 5.74) is 0.639. The largest absolute Gasteiger partial charge is 0.298 e. The Balaban J connectivity index is 2.97. The van der Waals surface area contributed by atoms with Gasteiger partial charge >= 0.3 is 0 Å². The number of aldehydes is 1. The fourth-order valence-corrected chi connectivity index (χ4v) is 3.36. The van der Waals surface area contributed by atoms with E-state index >= 15 is 0 Å². The lowest BCUT2D eigenvalue weighted by molar-refractivity contribution is 0.112. The number of rotatable bonds is 1. The van der Waals surface area contributed by atoms with E-state index in [-0.39, 0.29) is 0 Å². The van der Waals surface area contributed by atoms with E-state index in [1.807, 2.05) is 24.3 Å². The van der Waals surface area contributed by atoms with E-state index in [1.165, 1.54) is 0 Å². The SMILES string of the molecule is O=Cc1c(Br)cc2c(Br)cccc2c1Br. The molecule has 1 nitrogen and oxygen atoms in total. The number of fused-ring (bicyclic) bond motifs is 1. The summed E-state index contributed by atoms with van der Waals surface area (Å²) in [5, 5.41) is 2.09. The fourth-order valence-electron chi connectivity index (χ4n) is 1.44. The van der Waals surface area contributed by atoms with Crippen molar-refractivity contribution in [3.8, 4) is 0 Å². The van der Waals surface area contributed by atoms with E-state index in [4.69, 9.17) is 0 Å². The topological polar surface area (TPSA) is 17.1 Å². The molecule has 0 saturated carbocycles. The molecule has 0 aliphatic carbocycles. The summed E-state index contributed by atoms with van der Waals surface area (Å²) < 4.78 is 2.63. The molecule has 2 aromatic rings. The number of carbonyl (C=O) groups excluding carboxylic acids is 1. The monoisotopic (exact) mass is 390 g/mol. The Hall–Kier alpha value is -0.190. The molecule has 2 aromatic carbocycles. The average Bonchev–Trinajstić information content (AvgIpc) is 2.20. The summed E-state index contributed by atoms with van der Waals surface area (Å²) in [6.45, 7) is 0. The van der Waals surface area contributed by atoms with Crippen LogP contribution in [-0.2, 0) is 0 Å². The summed E-state index contributed by atoms with van der Waals surface area (Å²) in [6.07, 6.45) is 0.842. The van der Waals surface area contributed by atoms with Gasteiger partial charge in [0.15, 0.2) is 6.29 Å². The Morgan fingerprint density at radius 1 is 1.00 bits per heavy atom. The van der Waals surface area contributed by atoms with Crippen LogP contribution in [-0.4, -0.2) is 6.29 Å². The molecule has 0 spiro atoms. The first-order valence-electron chi connectivity index (χ1n) is 4.16. The predicted molar refractivity (Wildman–Crippen MR) is 72.4 cm³/mol. The van der Waals surface area contributed by atoms with Crippen LogP contribution in [0.15, 0.2) is 37.7 Å². The van der Waals surface area contributed by atoms with Crippen LogP contribution in [0.3, 0.4) is 0 Å². The predicted octanol–water partition coefficient (Wildman–Crippen LogP) is 4.94. The number of halogens is 3. The quantitative estimate of drug-likeness (QED) is 0.628. The van der Waals surface area contributed by atoms with E-state index in [0.717, 1.165) is 30.5 Å². The highest BCUT2D eigenvalue weighted by Gasteiger charge is 2.10. The number of hydrogen-bond acceptors (Lipinski definition) is 1.